The van der Waals surface area contributed by atoms with Gasteiger partial charge < -0.3 is 10.2 Å². The molecule has 3 aromatic rings. The summed E-state index contributed by atoms with van der Waals surface area (Å²) in [5, 5.41) is 3.35. The van der Waals surface area contributed by atoms with Crippen LogP contribution in [0.25, 0.3) is 0 Å². The Morgan fingerprint density at radius 3 is 2.40 bits per heavy atom. The van der Waals surface area contributed by atoms with E-state index in [1.54, 1.807) is 6.20 Å². The van der Waals surface area contributed by atoms with E-state index in [1.165, 1.54) is 16.7 Å². The van der Waals surface area contributed by atoms with Gasteiger partial charge in [-0.2, -0.15) is 4.98 Å². The first-order chi connectivity index (χ1) is 12.1. The Morgan fingerprint density at radius 2 is 1.68 bits per heavy atom. The molecule has 0 radical (unpaired) electrons. The Bertz CT molecular complexity index is 812. The van der Waals surface area contributed by atoms with Crippen molar-refractivity contribution in [1.29, 1.82) is 0 Å². The van der Waals surface area contributed by atoms with Crippen molar-refractivity contribution >= 4 is 17.5 Å². The van der Waals surface area contributed by atoms with E-state index in [4.69, 9.17) is 0 Å². The lowest BCUT2D eigenvalue weighted by molar-refractivity contribution is 0.855. The van der Waals surface area contributed by atoms with E-state index in [0.717, 1.165) is 24.5 Å². The van der Waals surface area contributed by atoms with Gasteiger partial charge >= 0.3 is 0 Å². The van der Waals surface area contributed by atoms with Crippen LogP contribution >= 0.6 is 0 Å². The Labute approximate surface area is 148 Å². The highest BCUT2D eigenvalue weighted by Crippen LogP contribution is 2.23. The second kappa shape index (κ2) is 7.75. The van der Waals surface area contributed by atoms with E-state index in [0.29, 0.717) is 5.95 Å². The Morgan fingerprint density at radius 1 is 0.960 bits per heavy atom. The molecular weight excluding hydrogens is 310 g/mol. The maximum absolute atomic E-state index is 4.65. The van der Waals surface area contributed by atoms with Crippen molar-refractivity contribution in [2.75, 3.05) is 23.8 Å². The highest BCUT2D eigenvalue weighted by molar-refractivity contribution is 5.63. The van der Waals surface area contributed by atoms with Gasteiger partial charge in [-0.1, -0.05) is 18.2 Å². The van der Waals surface area contributed by atoms with Gasteiger partial charge in [0.05, 0.1) is 0 Å². The summed E-state index contributed by atoms with van der Waals surface area (Å²) in [6, 6.07) is 12.2. The van der Waals surface area contributed by atoms with Gasteiger partial charge in [0.15, 0.2) is 0 Å². The fourth-order valence-corrected chi connectivity index (χ4v) is 2.71. The molecule has 0 unspecified atom stereocenters. The molecule has 25 heavy (non-hydrogen) atoms. The van der Waals surface area contributed by atoms with Crippen LogP contribution in [-0.4, -0.2) is 28.5 Å². The number of para-hydroxylation sites is 1. The molecule has 0 amide bonds. The second-order valence-electron chi connectivity index (χ2n) is 6.16. The summed E-state index contributed by atoms with van der Waals surface area (Å²) in [5.74, 6) is 1.52. The number of likely N-dealkylation sites (N-methyl/N-ethyl adjacent to an activating group) is 1. The van der Waals surface area contributed by atoms with Crippen LogP contribution in [0, 0.1) is 13.8 Å². The number of hydrogen-bond donors (Lipinski definition) is 1. The predicted molar refractivity (Wildman–Crippen MR) is 102 cm³/mol. The monoisotopic (exact) mass is 333 g/mol. The molecule has 0 saturated heterocycles. The molecule has 0 aliphatic carbocycles. The molecule has 128 valence electrons. The van der Waals surface area contributed by atoms with Crippen molar-refractivity contribution < 1.29 is 0 Å². The van der Waals surface area contributed by atoms with E-state index in [9.17, 15) is 0 Å². The summed E-state index contributed by atoms with van der Waals surface area (Å²) in [6.45, 7) is 5.05. The Kier molecular flexibility index (Phi) is 5.23. The number of anilines is 3. The van der Waals surface area contributed by atoms with Crippen LogP contribution in [0.5, 0.6) is 0 Å². The molecule has 0 spiro atoms. The third-order valence-electron chi connectivity index (χ3n) is 4.24. The van der Waals surface area contributed by atoms with Crippen LogP contribution in [0.15, 0.2) is 55.0 Å². The number of aromatic nitrogens is 3. The number of aryl methyl sites for hydroxylation is 2. The van der Waals surface area contributed by atoms with E-state index in [-0.39, 0.29) is 0 Å². The number of pyridine rings is 1. The minimum absolute atomic E-state index is 0.616. The summed E-state index contributed by atoms with van der Waals surface area (Å²) in [7, 11) is 2.05. The van der Waals surface area contributed by atoms with Crippen LogP contribution < -0.4 is 10.2 Å². The van der Waals surface area contributed by atoms with Gasteiger partial charge in [-0.25, -0.2) is 4.98 Å². The first kappa shape index (κ1) is 16.9. The fourth-order valence-electron chi connectivity index (χ4n) is 2.71. The topological polar surface area (TPSA) is 53.9 Å². The van der Waals surface area contributed by atoms with Crippen LogP contribution in [0.4, 0.5) is 17.5 Å². The van der Waals surface area contributed by atoms with Gasteiger partial charge in [0.1, 0.15) is 5.82 Å². The zero-order valence-electron chi connectivity index (χ0n) is 14.9. The highest BCUT2D eigenvalue weighted by atomic mass is 15.2. The van der Waals surface area contributed by atoms with Crippen molar-refractivity contribution in [2.24, 2.45) is 0 Å². The van der Waals surface area contributed by atoms with Gasteiger partial charge in [-0.15, -0.1) is 0 Å². The van der Waals surface area contributed by atoms with Gasteiger partial charge in [0.2, 0.25) is 5.95 Å². The van der Waals surface area contributed by atoms with Crippen LogP contribution in [-0.2, 0) is 6.42 Å². The molecule has 0 bridgehead atoms. The van der Waals surface area contributed by atoms with Gasteiger partial charge in [0.25, 0.3) is 0 Å². The Balaban J connectivity index is 1.70. The zero-order chi connectivity index (χ0) is 17.6. The molecule has 3 rings (SSSR count). The van der Waals surface area contributed by atoms with Crippen molar-refractivity contribution in [3.63, 3.8) is 0 Å². The lowest BCUT2D eigenvalue weighted by Crippen LogP contribution is -2.21. The minimum Gasteiger partial charge on any atom is -0.359 e. The first-order valence-electron chi connectivity index (χ1n) is 8.40. The maximum Gasteiger partial charge on any atom is 0.229 e. The molecule has 0 saturated carbocycles. The normalized spacial score (nSPS) is 10.5. The smallest absolute Gasteiger partial charge is 0.229 e. The number of benzene rings is 1. The van der Waals surface area contributed by atoms with Gasteiger partial charge in [-0.3, -0.25) is 4.98 Å². The van der Waals surface area contributed by atoms with Crippen LogP contribution in [0.1, 0.15) is 16.7 Å². The van der Waals surface area contributed by atoms with E-state index in [1.807, 2.05) is 37.6 Å². The molecule has 2 heterocycles. The molecule has 1 N–H and O–H groups in total. The molecule has 5 heteroatoms. The van der Waals surface area contributed by atoms with Crippen molar-refractivity contribution in [2.45, 2.75) is 20.3 Å². The molecule has 0 atom stereocenters. The van der Waals surface area contributed by atoms with Crippen molar-refractivity contribution in [3.8, 4) is 0 Å². The predicted octanol–water partition coefficient (Wildman–Crippen LogP) is 3.91. The highest BCUT2D eigenvalue weighted by Gasteiger charge is 2.08. The zero-order valence-corrected chi connectivity index (χ0v) is 14.9. The van der Waals surface area contributed by atoms with Crippen molar-refractivity contribution in [3.05, 3.63) is 71.7 Å². The number of hydrogen-bond acceptors (Lipinski definition) is 5. The third-order valence-corrected chi connectivity index (χ3v) is 4.24. The first-order valence-corrected chi connectivity index (χ1v) is 8.40. The molecule has 0 fully saturated rings. The molecule has 1 aromatic carbocycles. The Hall–Kier alpha value is -2.95. The largest absolute Gasteiger partial charge is 0.359 e. The summed E-state index contributed by atoms with van der Waals surface area (Å²) in [5.41, 5.74) is 4.70. The summed E-state index contributed by atoms with van der Waals surface area (Å²) in [4.78, 5) is 15.2. The third kappa shape index (κ3) is 4.32. The fraction of sp³-hybridized carbons (Fsp3) is 0.250. The van der Waals surface area contributed by atoms with E-state index >= 15 is 0 Å². The molecular formula is C20H23N5. The average Bonchev–Trinajstić information content (AvgIpc) is 2.64. The number of nitrogens with zero attached hydrogens (tertiary/aromatic N) is 4. The minimum atomic E-state index is 0.616. The van der Waals surface area contributed by atoms with Gasteiger partial charge in [0, 0.05) is 37.9 Å². The second-order valence-corrected chi connectivity index (χ2v) is 6.16. The molecule has 5 nitrogen and oxygen atoms in total. The van der Waals surface area contributed by atoms with E-state index < -0.39 is 0 Å². The molecule has 0 aliphatic rings. The SMILES string of the molecule is Cc1cccc(C)c1Nc1nccc(N(C)CCc2ccncc2)n1. The average molecular weight is 333 g/mol. The summed E-state index contributed by atoms with van der Waals surface area (Å²) < 4.78 is 0. The van der Waals surface area contributed by atoms with Crippen molar-refractivity contribution in [1.82, 2.24) is 15.0 Å². The lowest BCUT2D eigenvalue weighted by Gasteiger charge is -2.19. The standard InChI is InChI=1S/C20H23N5/c1-15-5-4-6-16(2)19(15)24-20-22-13-9-18(23-20)25(3)14-10-17-7-11-21-12-8-17/h4-9,11-13H,10,14H2,1-3H3,(H,22,23,24). The van der Waals surface area contributed by atoms with Crippen LogP contribution in [0.3, 0.4) is 0 Å². The molecule has 0 aliphatic heterocycles. The maximum atomic E-state index is 4.65. The quantitative estimate of drug-likeness (QED) is 0.741. The van der Waals surface area contributed by atoms with Gasteiger partial charge in [-0.05, 0) is 55.2 Å². The summed E-state index contributed by atoms with van der Waals surface area (Å²) in [6.07, 6.45) is 6.39. The van der Waals surface area contributed by atoms with E-state index in [2.05, 4.69) is 57.2 Å². The lowest BCUT2D eigenvalue weighted by atomic mass is 10.1. The number of rotatable bonds is 6. The van der Waals surface area contributed by atoms with Crippen LogP contribution in [0.2, 0.25) is 0 Å². The number of nitrogens with one attached hydrogen (secondary N) is 1. The molecule has 2 aromatic heterocycles. The summed E-state index contributed by atoms with van der Waals surface area (Å²) >= 11 is 0.